The van der Waals surface area contributed by atoms with Gasteiger partial charge in [0, 0.05) is 19.5 Å². The number of likely N-dealkylation sites (tertiary alicyclic amines) is 1. The third kappa shape index (κ3) is 5.55. The van der Waals surface area contributed by atoms with E-state index in [0.29, 0.717) is 18.9 Å². The fourth-order valence-corrected chi connectivity index (χ4v) is 2.20. The second kappa shape index (κ2) is 6.80. The van der Waals surface area contributed by atoms with Crippen LogP contribution in [0.2, 0.25) is 0 Å². The molecule has 0 atom stereocenters. The van der Waals surface area contributed by atoms with Gasteiger partial charge >= 0.3 is 0 Å². The Morgan fingerprint density at radius 3 is 2.50 bits per heavy atom. The van der Waals surface area contributed by atoms with Gasteiger partial charge in [-0.25, -0.2) is 0 Å². The van der Waals surface area contributed by atoms with E-state index in [4.69, 9.17) is 11.2 Å². The Morgan fingerprint density at radius 1 is 1.39 bits per heavy atom. The molecule has 0 spiro atoms. The van der Waals surface area contributed by atoms with E-state index in [-0.39, 0.29) is 11.3 Å². The van der Waals surface area contributed by atoms with Crippen LogP contribution in [0.3, 0.4) is 0 Å². The van der Waals surface area contributed by atoms with Gasteiger partial charge in [-0.3, -0.25) is 4.79 Å². The van der Waals surface area contributed by atoms with Crippen molar-refractivity contribution in [3.05, 3.63) is 0 Å². The third-order valence-corrected chi connectivity index (χ3v) is 3.19. The lowest BCUT2D eigenvalue weighted by atomic mass is 9.90. The molecule has 0 aliphatic carbocycles. The first kappa shape index (κ1) is 15.0. The average Bonchev–Trinajstić information content (AvgIpc) is 2.28. The fraction of sp³-hybridized carbons (Fsp3) is 0.800. The van der Waals surface area contributed by atoms with Crippen molar-refractivity contribution in [2.75, 3.05) is 26.3 Å². The summed E-state index contributed by atoms with van der Waals surface area (Å²) >= 11 is 0. The lowest BCUT2D eigenvalue weighted by Gasteiger charge is -2.33. The standard InChI is InChI=1S/C15H25NO2/c1-5-10-18-12-13-6-8-16(9-7-13)14(17)11-15(2,3)4/h1,13H,6-12H2,2-4H3. The average molecular weight is 251 g/mol. The Labute approximate surface area is 111 Å². The molecule has 102 valence electrons. The SMILES string of the molecule is C#CCOCC1CCN(C(=O)CC(C)(C)C)CC1. The minimum atomic E-state index is 0.0733. The van der Waals surface area contributed by atoms with Crippen LogP contribution in [0.4, 0.5) is 0 Å². The van der Waals surface area contributed by atoms with Crippen molar-refractivity contribution in [3.8, 4) is 12.3 Å². The quantitative estimate of drug-likeness (QED) is 0.567. The van der Waals surface area contributed by atoms with Crippen molar-refractivity contribution >= 4 is 5.91 Å². The molecule has 0 radical (unpaired) electrons. The maximum Gasteiger partial charge on any atom is 0.223 e. The van der Waals surface area contributed by atoms with E-state index >= 15 is 0 Å². The van der Waals surface area contributed by atoms with E-state index in [0.717, 1.165) is 32.5 Å². The highest BCUT2D eigenvalue weighted by atomic mass is 16.5. The molecular weight excluding hydrogens is 226 g/mol. The van der Waals surface area contributed by atoms with Crippen molar-refractivity contribution in [1.29, 1.82) is 0 Å². The van der Waals surface area contributed by atoms with E-state index in [1.54, 1.807) is 0 Å². The number of carbonyl (C=O) groups is 1. The van der Waals surface area contributed by atoms with Gasteiger partial charge in [0.2, 0.25) is 5.91 Å². The normalized spacial score (nSPS) is 17.6. The summed E-state index contributed by atoms with van der Waals surface area (Å²) in [5.74, 6) is 3.31. The van der Waals surface area contributed by atoms with E-state index in [2.05, 4.69) is 26.7 Å². The number of hydrogen-bond donors (Lipinski definition) is 0. The molecule has 3 nitrogen and oxygen atoms in total. The smallest absolute Gasteiger partial charge is 0.223 e. The van der Waals surface area contributed by atoms with E-state index in [1.165, 1.54) is 0 Å². The van der Waals surface area contributed by atoms with Crippen molar-refractivity contribution in [2.24, 2.45) is 11.3 Å². The molecule has 1 saturated heterocycles. The van der Waals surface area contributed by atoms with Crippen LogP contribution >= 0.6 is 0 Å². The first-order chi connectivity index (χ1) is 8.42. The number of amides is 1. The van der Waals surface area contributed by atoms with Crippen LogP contribution in [0.15, 0.2) is 0 Å². The molecule has 1 aliphatic rings. The molecule has 1 fully saturated rings. The van der Waals surface area contributed by atoms with Crippen LogP contribution in [-0.4, -0.2) is 37.1 Å². The van der Waals surface area contributed by atoms with Crippen LogP contribution in [0.1, 0.15) is 40.0 Å². The summed E-state index contributed by atoms with van der Waals surface area (Å²) in [6.07, 6.45) is 7.82. The molecule has 0 unspecified atom stereocenters. The molecule has 18 heavy (non-hydrogen) atoms. The molecule has 1 amide bonds. The summed E-state index contributed by atoms with van der Waals surface area (Å²) in [5.41, 5.74) is 0.0733. The molecule has 0 bridgehead atoms. The van der Waals surface area contributed by atoms with Crippen LogP contribution in [0.25, 0.3) is 0 Å². The molecule has 0 aromatic rings. The number of terminal acetylenes is 1. The number of carbonyl (C=O) groups excluding carboxylic acids is 1. The molecule has 0 aromatic heterocycles. The van der Waals surface area contributed by atoms with Gasteiger partial charge in [-0.05, 0) is 24.2 Å². The topological polar surface area (TPSA) is 29.5 Å². The summed E-state index contributed by atoms with van der Waals surface area (Å²) in [5, 5.41) is 0. The van der Waals surface area contributed by atoms with Crippen LogP contribution in [-0.2, 0) is 9.53 Å². The Balaban J connectivity index is 2.27. The van der Waals surface area contributed by atoms with Gasteiger partial charge in [0.1, 0.15) is 6.61 Å². The van der Waals surface area contributed by atoms with Crippen molar-refractivity contribution < 1.29 is 9.53 Å². The molecular formula is C15H25NO2. The summed E-state index contributed by atoms with van der Waals surface area (Å²) in [7, 11) is 0. The summed E-state index contributed by atoms with van der Waals surface area (Å²) in [6, 6.07) is 0. The van der Waals surface area contributed by atoms with Gasteiger partial charge < -0.3 is 9.64 Å². The largest absolute Gasteiger partial charge is 0.369 e. The molecule has 1 rings (SSSR count). The maximum atomic E-state index is 12.0. The van der Waals surface area contributed by atoms with Gasteiger partial charge in [-0.1, -0.05) is 26.7 Å². The van der Waals surface area contributed by atoms with Crippen LogP contribution < -0.4 is 0 Å². The highest BCUT2D eigenvalue weighted by Crippen LogP contribution is 2.23. The van der Waals surface area contributed by atoms with E-state index in [9.17, 15) is 4.79 Å². The predicted molar refractivity (Wildman–Crippen MR) is 73.0 cm³/mol. The number of hydrogen-bond acceptors (Lipinski definition) is 2. The predicted octanol–water partition coefficient (Wildman–Crippen LogP) is 2.31. The second-order valence-electron chi connectivity index (χ2n) is 6.28. The second-order valence-corrected chi connectivity index (χ2v) is 6.28. The van der Waals surface area contributed by atoms with Gasteiger partial charge in [-0.2, -0.15) is 0 Å². The third-order valence-electron chi connectivity index (χ3n) is 3.19. The van der Waals surface area contributed by atoms with E-state index in [1.807, 2.05) is 4.90 Å². The minimum absolute atomic E-state index is 0.0733. The van der Waals surface area contributed by atoms with Crippen LogP contribution in [0, 0.1) is 23.7 Å². The van der Waals surface area contributed by atoms with Crippen molar-refractivity contribution in [2.45, 2.75) is 40.0 Å². The Hall–Kier alpha value is -1.01. The molecule has 0 aromatic carbocycles. The van der Waals surface area contributed by atoms with Gasteiger partial charge in [0.15, 0.2) is 0 Å². The molecule has 1 aliphatic heterocycles. The summed E-state index contributed by atoms with van der Waals surface area (Å²) in [4.78, 5) is 14.0. The zero-order valence-electron chi connectivity index (χ0n) is 11.9. The fourth-order valence-electron chi connectivity index (χ4n) is 2.20. The van der Waals surface area contributed by atoms with Gasteiger partial charge in [0.25, 0.3) is 0 Å². The molecule has 0 saturated carbocycles. The Bertz CT molecular complexity index is 303. The first-order valence-electron chi connectivity index (χ1n) is 6.71. The Morgan fingerprint density at radius 2 is 2.00 bits per heavy atom. The maximum absolute atomic E-state index is 12.0. The minimum Gasteiger partial charge on any atom is -0.369 e. The van der Waals surface area contributed by atoms with Crippen molar-refractivity contribution in [3.63, 3.8) is 0 Å². The zero-order chi connectivity index (χ0) is 13.6. The molecule has 3 heteroatoms. The molecule has 1 heterocycles. The zero-order valence-corrected chi connectivity index (χ0v) is 11.9. The summed E-state index contributed by atoms with van der Waals surface area (Å²) in [6.45, 7) is 9.15. The highest BCUT2D eigenvalue weighted by Gasteiger charge is 2.25. The van der Waals surface area contributed by atoms with E-state index < -0.39 is 0 Å². The number of ether oxygens (including phenoxy) is 1. The highest BCUT2D eigenvalue weighted by molar-refractivity contribution is 5.76. The lowest BCUT2D eigenvalue weighted by Crippen LogP contribution is -2.40. The number of piperidine rings is 1. The van der Waals surface area contributed by atoms with Gasteiger partial charge in [-0.15, -0.1) is 6.42 Å². The monoisotopic (exact) mass is 251 g/mol. The first-order valence-corrected chi connectivity index (χ1v) is 6.71. The Kier molecular flexibility index (Phi) is 5.68. The lowest BCUT2D eigenvalue weighted by molar-refractivity contribution is -0.134. The number of nitrogens with zero attached hydrogens (tertiary/aromatic N) is 1. The van der Waals surface area contributed by atoms with Crippen molar-refractivity contribution in [1.82, 2.24) is 4.90 Å². The van der Waals surface area contributed by atoms with Gasteiger partial charge in [0.05, 0.1) is 6.61 Å². The molecule has 0 N–H and O–H groups in total. The number of rotatable bonds is 4. The van der Waals surface area contributed by atoms with Crippen LogP contribution in [0.5, 0.6) is 0 Å². The summed E-state index contributed by atoms with van der Waals surface area (Å²) < 4.78 is 5.36.